The molecule has 0 saturated carbocycles. The average molecular weight is 312 g/mol. The first-order valence-corrected chi connectivity index (χ1v) is 6.79. The smallest absolute Gasteiger partial charge is 0.335 e. The number of aliphatic hydroxyl groups excluding tert-OH is 1. The highest BCUT2D eigenvalue weighted by molar-refractivity contribution is 5.98. The monoisotopic (exact) mass is 312 g/mol. The first-order chi connectivity index (χ1) is 10.3. The van der Waals surface area contributed by atoms with E-state index in [2.05, 4.69) is 6.92 Å². The van der Waals surface area contributed by atoms with Gasteiger partial charge in [-0.3, -0.25) is 0 Å². The molecule has 0 aliphatic carbocycles. The molecule has 0 spiro atoms. The molecular formula is C15H20O7. The summed E-state index contributed by atoms with van der Waals surface area (Å²) >= 11 is 0. The summed E-state index contributed by atoms with van der Waals surface area (Å²) in [5.41, 5.74) is -1.10. The van der Waals surface area contributed by atoms with Gasteiger partial charge in [-0.25, -0.2) is 14.4 Å². The average Bonchev–Trinajstić information content (AvgIpc) is 2.47. The largest absolute Gasteiger partial charge is 0.478 e. The maximum absolute atomic E-state index is 10.6. The summed E-state index contributed by atoms with van der Waals surface area (Å²) in [4.78, 5) is 31.7. The van der Waals surface area contributed by atoms with Crippen LogP contribution in [-0.4, -0.2) is 44.9 Å². The molecule has 0 amide bonds. The van der Waals surface area contributed by atoms with Crippen LogP contribution in [0.1, 0.15) is 63.7 Å². The fourth-order valence-corrected chi connectivity index (χ4v) is 1.54. The van der Waals surface area contributed by atoms with Crippen LogP contribution in [-0.2, 0) is 0 Å². The maximum atomic E-state index is 10.6. The van der Waals surface area contributed by atoms with Gasteiger partial charge in [-0.2, -0.15) is 0 Å². The van der Waals surface area contributed by atoms with Crippen LogP contribution in [0.2, 0.25) is 0 Å². The first kappa shape index (κ1) is 19.6. The number of benzene rings is 1. The molecule has 1 aromatic rings. The second kappa shape index (κ2) is 10.3. The van der Waals surface area contributed by atoms with Gasteiger partial charge in [0.25, 0.3) is 0 Å². The Morgan fingerprint density at radius 3 is 1.36 bits per heavy atom. The summed E-state index contributed by atoms with van der Waals surface area (Å²) in [5.74, 6) is -4.12. The van der Waals surface area contributed by atoms with Crippen molar-refractivity contribution in [2.24, 2.45) is 0 Å². The van der Waals surface area contributed by atoms with Crippen molar-refractivity contribution in [3.63, 3.8) is 0 Å². The molecule has 122 valence electrons. The van der Waals surface area contributed by atoms with Gasteiger partial charge in [0, 0.05) is 6.61 Å². The van der Waals surface area contributed by atoms with Crippen molar-refractivity contribution >= 4 is 17.9 Å². The molecule has 0 radical (unpaired) electrons. The number of hydrogen-bond acceptors (Lipinski definition) is 4. The summed E-state index contributed by atoms with van der Waals surface area (Å²) < 4.78 is 0. The zero-order valence-corrected chi connectivity index (χ0v) is 12.3. The third-order valence-electron chi connectivity index (χ3n) is 2.69. The van der Waals surface area contributed by atoms with Gasteiger partial charge in [0.15, 0.2) is 0 Å². The summed E-state index contributed by atoms with van der Waals surface area (Å²) in [5, 5.41) is 34.1. The molecule has 0 unspecified atom stereocenters. The van der Waals surface area contributed by atoms with E-state index in [9.17, 15) is 14.4 Å². The second-order valence-corrected chi connectivity index (χ2v) is 4.50. The molecule has 0 bridgehead atoms. The van der Waals surface area contributed by atoms with E-state index in [4.69, 9.17) is 20.4 Å². The molecule has 0 aliphatic rings. The molecule has 0 fully saturated rings. The number of carboxylic acid groups (broad SMARTS) is 3. The van der Waals surface area contributed by atoms with Crippen LogP contribution < -0.4 is 0 Å². The second-order valence-electron chi connectivity index (χ2n) is 4.50. The van der Waals surface area contributed by atoms with Gasteiger partial charge < -0.3 is 20.4 Å². The molecule has 0 atom stereocenters. The predicted molar refractivity (Wildman–Crippen MR) is 78.5 cm³/mol. The minimum atomic E-state index is -1.37. The lowest BCUT2D eigenvalue weighted by atomic mass is 10.1. The van der Waals surface area contributed by atoms with Crippen LogP contribution in [0.25, 0.3) is 0 Å². The Morgan fingerprint density at radius 2 is 1.14 bits per heavy atom. The van der Waals surface area contributed by atoms with Gasteiger partial charge in [0.2, 0.25) is 0 Å². The molecule has 0 saturated heterocycles. The highest BCUT2D eigenvalue weighted by atomic mass is 16.4. The van der Waals surface area contributed by atoms with Crippen molar-refractivity contribution in [3.05, 3.63) is 34.9 Å². The fourth-order valence-electron chi connectivity index (χ4n) is 1.54. The van der Waals surface area contributed by atoms with E-state index >= 15 is 0 Å². The van der Waals surface area contributed by atoms with Gasteiger partial charge >= 0.3 is 17.9 Å². The van der Waals surface area contributed by atoms with E-state index in [1.54, 1.807) is 0 Å². The Balaban J connectivity index is 0.000000534. The fraction of sp³-hybridized carbons (Fsp3) is 0.400. The highest BCUT2D eigenvalue weighted by Gasteiger charge is 2.14. The van der Waals surface area contributed by atoms with E-state index in [-0.39, 0.29) is 16.7 Å². The van der Waals surface area contributed by atoms with Crippen molar-refractivity contribution in [2.75, 3.05) is 6.61 Å². The standard InChI is InChI=1S/C9H6O6.C6H14O/c10-7(11)4-1-5(8(12)13)3-6(2-4)9(14)15;1-2-3-4-5-6-7/h1-3H,(H,10,11)(H,12,13)(H,14,15);7H,2-6H2,1H3. The third-order valence-corrected chi connectivity index (χ3v) is 2.69. The summed E-state index contributed by atoms with van der Waals surface area (Å²) in [6.07, 6.45) is 4.68. The molecule has 0 heterocycles. The number of carbonyl (C=O) groups is 3. The lowest BCUT2D eigenvalue weighted by molar-refractivity contribution is 0.0696. The van der Waals surface area contributed by atoms with Crippen molar-refractivity contribution in [1.29, 1.82) is 0 Å². The summed E-state index contributed by atoms with van der Waals surface area (Å²) in [6.45, 7) is 2.53. The van der Waals surface area contributed by atoms with Gasteiger partial charge in [0.1, 0.15) is 0 Å². The van der Waals surface area contributed by atoms with Crippen molar-refractivity contribution in [1.82, 2.24) is 0 Å². The zero-order valence-electron chi connectivity index (χ0n) is 12.3. The van der Waals surface area contributed by atoms with Gasteiger partial charge in [-0.15, -0.1) is 0 Å². The lowest BCUT2D eigenvalue weighted by Gasteiger charge is -2.00. The number of unbranched alkanes of at least 4 members (excludes halogenated alkanes) is 3. The first-order valence-electron chi connectivity index (χ1n) is 6.79. The van der Waals surface area contributed by atoms with Gasteiger partial charge in [0.05, 0.1) is 16.7 Å². The Morgan fingerprint density at radius 1 is 0.773 bits per heavy atom. The normalized spacial score (nSPS) is 9.55. The predicted octanol–water partition coefficient (Wildman–Crippen LogP) is 2.34. The number of carboxylic acids is 3. The molecule has 0 aliphatic heterocycles. The SMILES string of the molecule is CCCCCCO.O=C(O)c1cc(C(=O)O)cc(C(=O)O)c1. The lowest BCUT2D eigenvalue weighted by Crippen LogP contribution is -2.07. The highest BCUT2D eigenvalue weighted by Crippen LogP contribution is 2.11. The van der Waals surface area contributed by atoms with Gasteiger partial charge in [-0.05, 0) is 24.6 Å². The maximum Gasteiger partial charge on any atom is 0.335 e. The topological polar surface area (TPSA) is 132 Å². The van der Waals surface area contributed by atoms with Crippen molar-refractivity contribution in [3.8, 4) is 0 Å². The minimum Gasteiger partial charge on any atom is -0.478 e. The van der Waals surface area contributed by atoms with Crippen LogP contribution in [0.3, 0.4) is 0 Å². The Labute approximate surface area is 127 Å². The summed E-state index contributed by atoms with van der Waals surface area (Å²) in [6, 6.07) is 2.70. The molecule has 22 heavy (non-hydrogen) atoms. The van der Waals surface area contributed by atoms with Crippen molar-refractivity contribution < 1.29 is 34.8 Å². The van der Waals surface area contributed by atoms with Crippen LogP contribution >= 0.6 is 0 Å². The number of hydrogen-bond donors (Lipinski definition) is 4. The number of rotatable bonds is 7. The number of aromatic carboxylic acids is 3. The molecular weight excluding hydrogens is 292 g/mol. The molecule has 0 aromatic heterocycles. The number of aliphatic hydroxyl groups is 1. The Kier molecular flexibility index (Phi) is 9.20. The Bertz CT molecular complexity index is 440. The van der Waals surface area contributed by atoms with E-state index in [1.165, 1.54) is 19.3 Å². The summed E-state index contributed by atoms with van der Waals surface area (Å²) in [7, 11) is 0. The van der Waals surface area contributed by atoms with E-state index in [0.29, 0.717) is 6.61 Å². The quantitative estimate of drug-likeness (QED) is 0.568. The molecule has 7 heteroatoms. The van der Waals surface area contributed by atoms with Crippen LogP contribution in [0.4, 0.5) is 0 Å². The van der Waals surface area contributed by atoms with E-state index in [1.807, 2.05) is 0 Å². The molecule has 4 N–H and O–H groups in total. The van der Waals surface area contributed by atoms with E-state index < -0.39 is 17.9 Å². The third kappa shape index (κ3) is 7.39. The van der Waals surface area contributed by atoms with Crippen molar-refractivity contribution in [2.45, 2.75) is 32.6 Å². The van der Waals surface area contributed by atoms with Crippen LogP contribution in [0, 0.1) is 0 Å². The zero-order chi connectivity index (χ0) is 17.1. The van der Waals surface area contributed by atoms with Gasteiger partial charge in [-0.1, -0.05) is 26.2 Å². The minimum absolute atomic E-state index is 0.361. The van der Waals surface area contributed by atoms with Crippen LogP contribution in [0.5, 0.6) is 0 Å². The molecule has 1 rings (SSSR count). The van der Waals surface area contributed by atoms with Crippen LogP contribution in [0.15, 0.2) is 18.2 Å². The molecule has 7 nitrogen and oxygen atoms in total. The molecule has 1 aromatic carbocycles. The van der Waals surface area contributed by atoms with E-state index in [0.717, 1.165) is 24.6 Å². The Hall–Kier alpha value is -2.41.